The highest BCUT2D eigenvalue weighted by atomic mass is 35.5. The second-order valence-electron chi connectivity index (χ2n) is 6.86. The van der Waals surface area contributed by atoms with E-state index in [1.807, 2.05) is 60.7 Å². The van der Waals surface area contributed by atoms with Crippen LogP contribution in [0.15, 0.2) is 97.1 Å². The number of amides is 1. The molecular formula is C26H19Cl2NO2. The van der Waals surface area contributed by atoms with Gasteiger partial charge in [-0.1, -0.05) is 71.7 Å². The Labute approximate surface area is 191 Å². The molecule has 4 rings (SSSR count). The molecule has 0 aliphatic heterocycles. The van der Waals surface area contributed by atoms with Crippen molar-refractivity contribution >= 4 is 40.5 Å². The first-order chi connectivity index (χ1) is 15.1. The van der Waals surface area contributed by atoms with E-state index in [0.29, 0.717) is 32.7 Å². The zero-order valence-corrected chi connectivity index (χ0v) is 18.3. The molecule has 154 valence electrons. The molecule has 0 aromatic heterocycles. The molecule has 0 spiro atoms. The second-order valence-corrected chi connectivity index (χ2v) is 7.67. The predicted molar refractivity (Wildman–Crippen MR) is 128 cm³/mol. The highest BCUT2D eigenvalue weighted by Gasteiger charge is 2.25. The summed E-state index contributed by atoms with van der Waals surface area (Å²) in [6, 6.07) is 29.7. The van der Waals surface area contributed by atoms with Gasteiger partial charge >= 0.3 is 0 Å². The molecule has 0 unspecified atom stereocenters. The molecule has 4 aromatic rings. The molecule has 0 fully saturated rings. The van der Waals surface area contributed by atoms with Gasteiger partial charge in [-0.15, -0.1) is 0 Å². The topological polar surface area (TPSA) is 29.5 Å². The molecule has 1 amide bonds. The summed E-state index contributed by atoms with van der Waals surface area (Å²) >= 11 is 13.4. The lowest BCUT2D eigenvalue weighted by Gasteiger charge is -2.26. The van der Waals surface area contributed by atoms with Crippen LogP contribution in [0.25, 0.3) is 11.1 Å². The summed E-state index contributed by atoms with van der Waals surface area (Å²) in [6.45, 7) is 0. The normalized spacial score (nSPS) is 10.5. The van der Waals surface area contributed by atoms with Crippen LogP contribution >= 0.6 is 23.2 Å². The molecule has 0 aliphatic carbocycles. The molecule has 0 saturated heterocycles. The summed E-state index contributed by atoms with van der Waals surface area (Å²) in [5.41, 5.74) is 3.45. The predicted octanol–water partition coefficient (Wildman–Crippen LogP) is 7.65. The monoisotopic (exact) mass is 447 g/mol. The zero-order chi connectivity index (χ0) is 21.8. The van der Waals surface area contributed by atoms with Gasteiger partial charge in [0.15, 0.2) is 0 Å². The fourth-order valence-electron chi connectivity index (χ4n) is 3.37. The first kappa shape index (κ1) is 21.0. The average Bonchev–Trinajstić information content (AvgIpc) is 2.82. The molecule has 0 heterocycles. The lowest BCUT2D eigenvalue weighted by Crippen LogP contribution is -2.26. The van der Waals surface area contributed by atoms with Gasteiger partial charge in [0.25, 0.3) is 5.91 Å². The molecule has 0 aliphatic rings. The maximum absolute atomic E-state index is 13.5. The Morgan fingerprint density at radius 2 is 1.29 bits per heavy atom. The van der Waals surface area contributed by atoms with E-state index in [-0.39, 0.29) is 5.91 Å². The Bertz CT molecular complexity index is 1170. The number of hydrogen-bond acceptors (Lipinski definition) is 2. The van der Waals surface area contributed by atoms with Crippen molar-refractivity contribution in [2.75, 3.05) is 12.0 Å². The van der Waals surface area contributed by atoms with Crippen molar-refractivity contribution in [2.24, 2.45) is 0 Å². The van der Waals surface area contributed by atoms with Crippen molar-refractivity contribution in [3.63, 3.8) is 0 Å². The van der Waals surface area contributed by atoms with Crippen molar-refractivity contribution in [3.8, 4) is 16.9 Å². The number of benzene rings is 4. The molecular weight excluding hydrogens is 429 g/mol. The lowest BCUT2D eigenvalue weighted by atomic mass is 10.0. The third-order valence-corrected chi connectivity index (χ3v) is 5.48. The van der Waals surface area contributed by atoms with E-state index < -0.39 is 0 Å². The van der Waals surface area contributed by atoms with Crippen LogP contribution in [0.3, 0.4) is 0 Å². The first-order valence-corrected chi connectivity index (χ1v) is 10.4. The summed E-state index contributed by atoms with van der Waals surface area (Å²) in [5, 5.41) is 0.762. The maximum Gasteiger partial charge on any atom is 0.262 e. The number of carbonyl (C=O) groups excluding carboxylic acids is 1. The second kappa shape index (κ2) is 9.25. The molecule has 5 heteroatoms. The molecule has 0 atom stereocenters. The fourth-order valence-corrected chi connectivity index (χ4v) is 4.02. The van der Waals surface area contributed by atoms with E-state index >= 15 is 0 Å². The zero-order valence-electron chi connectivity index (χ0n) is 16.8. The van der Waals surface area contributed by atoms with Crippen LogP contribution in [-0.2, 0) is 0 Å². The third kappa shape index (κ3) is 4.43. The van der Waals surface area contributed by atoms with Crippen LogP contribution < -0.4 is 9.64 Å². The molecule has 0 radical (unpaired) electrons. The minimum Gasteiger partial charge on any atom is -0.497 e. The van der Waals surface area contributed by atoms with Crippen LogP contribution in [0, 0.1) is 0 Å². The Morgan fingerprint density at radius 3 is 1.84 bits per heavy atom. The molecule has 0 saturated carbocycles. The van der Waals surface area contributed by atoms with Crippen LogP contribution in [0.2, 0.25) is 10.0 Å². The van der Waals surface area contributed by atoms with Gasteiger partial charge in [0.05, 0.1) is 22.8 Å². The van der Waals surface area contributed by atoms with E-state index in [1.54, 1.807) is 43.5 Å². The highest BCUT2D eigenvalue weighted by Crippen LogP contribution is 2.42. The molecule has 3 nitrogen and oxygen atoms in total. The number of carbonyl (C=O) groups is 1. The third-order valence-electron chi connectivity index (χ3n) is 4.90. The molecule has 31 heavy (non-hydrogen) atoms. The fraction of sp³-hybridized carbons (Fsp3) is 0.0385. The summed E-state index contributed by atoms with van der Waals surface area (Å²) in [5.74, 6) is 0.453. The smallest absolute Gasteiger partial charge is 0.262 e. The van der Waals surface area contributed by atoms with E-state index in [9.17, 15) is 4.79 Å². The number of nitrogens with zero attached hydrogens (tertiary/aromatic N) is 1. The van der Waals surface area contributed by atoms with E-state index in [4.69, 9.17) is 27.9 Å². The Hall–Kier alpha value is -3.27. The number of methoxy groups -OCH3 is 1. The van der Waals surface area contributed by atoms with Crippen LogP contribution in [0.5, 0.6) is 5.75 Å². The number of hydrogen-bond donors (Lipinski definition) is 0. The summed E-state index contributed by atoms with van der Waals surface area (Å²) in [7, 11) is 1.60. The van der Waals surface area contributed by atoms with Gasteiger partial charge in [0.1, 0.15) is 5.75 Å². The minimum absolute atomic E-state index is 0.234. The van der Waals surface area contributed by atoms with Gasteiger partial charge < -0.3 is 4.74 Å². The van der Waals surface area contributed by atoms with Crippen LogP contribution in [-0.4, -0.2) is 13.0 Å². The summed E-state index contributed by atoms with van der Waals surface area (Å²) in [6.07, 6.45) is 0. The van der Waals surface area contributed by atoms with Crippen molar-refractivity contribution in [1.82, 2.24) is 0 Å². The summed E-state index contributed by atoms with van der Waals surface area (Å²) < 4.78 is 5.26. The summed E-state index contributed by atoms with van der Waals surface area (Å²) in [4.78, 5) is 15.1. The number of anilines is 2. The van der Waals surface area contributed by atoms with Gasteiger partial charge in [-0.2, -0.15) is 0 Å². The van der Waals surface area contributed by atoms with Crippen molar-refractivity contribution in [3.05, 3.63) is 113 Å². The lowest BCUT2D eigenvalue weighted by molar-refractivity contribution is 0.0999. The average molecular weight is 448 g/mol. The maximum atomic E-state index is 13.5. The van der Waals surface area contributed by atoms with Gasteiger partial charge in [-0.05, 0) is 59.7 Å². The van der Waals surface area contributed by atoms with E-state index in [2.05, 4.69) is 0 Å². The number of rotatable bonds is 5. The van der Waals surface area contributed by atoms with Crippen molar-refractivity contribution < 1.29 is 9.53 Å². The van der Waals surface area contributed by atoms with E-state index in [0.717, 1.165) is 11.1 Å². The van der Waals surface area contributed by atoms with Crippen molar-refractivity contribution in [1.29, 1.82) is 0 Å². The number of halogens is 2. The van der Waals surface area contributed by atoms with Crippen molar-refractivity contribution in [2.45, 2.75) is 0 Å². The Kier molecular flexibility index (Phi) is 6.26. The first-order valence-electron chi connectivity index (χ1n) is 9.66. The molecule has 0 N–H and O–H groups in total. The van der Waals surface area contributed by atoms with Gasteiger partial charge in [-0.25, -0.2) is 0 Å². The Morgan fingerprint density at radius 1 is 0.742 bits per heavy atom. The van der Waals surface area contributed by atoms with Crippen LogP contribution in [0.1, 0.15) is 10.4 Å². The Balaban J connectivity index is 1.86. The minimum atomic E-state index is -0.234. The SMILES string of the molecule is COc1ccc(N(C(=O)c2ccccc2)c2c(Cl)cc(-c3ccccc3)cc2Cl)cc1. The standard InChI is InChI=1S/C26H19Cl2NO2/c1-31-22-14-12-21(13-15-22)29(26(30)19-10-6-3-7-11-19)25-23(27)16-20(17-24(25)28)18-8-4-2-5-9-18/h2-17H,1H3. The van der Waals surface area contributed by atoms with Crippen LogP contribution in [0.4, 0.5) is 11.4 Å². The number of ether oxygens (including phenoxy) is 1. The largest absolute Gasteiger partial charge is 0.497 e. The molecule has 0 bridgehead atoms. The van der Waals surface area contributed by atoms with Gasteiger partial charge in [-0.3, -0.25) is 9.69 Å². The van der Waals surface area contributed by atoms with Gasteiger partial charge in [0.2, 0.25) is 0 Å². The van der Waals surface area contributed by atoms with E-state index in [1.165, 1.54) is 4.90 Å². The van der Waals surface area contributed by atoms with Gasteiger partial charge in [0, 0.05) is 11.3 Å². The molecule has 4 aromatic carbocycles. The highest BCUT2D eigenvalue weighted by molar-refractivity contribution is 6.41. The quantitative estimate of drug-likeness (QED) is 0.314.